The van der Waals surface area contributed by atoms with Crippen molar-refractivity contribution in [2.24, 2.45) is 0 Å². The van der Waals surface area contributed by atoms with E-state index in [0.717, 1.165) is 22.5 Å². The van der Waals surface area contributed by atoms with Crippen LogP contribution in [0, 0.1) is 6.92 Å². The maximum atomic E-state index is 12.4. The number of hydrogen-bond donors (Lipinski definition) is 1. The molecule has 1 aromatic heterocycles. The molecule has 1 atom stereocenters. The van der Waals surface area contributed by atoms with Crippen molar-refractivity contribution in [2.45, 2.75) is 13.0 Å². The lowest BCUT2D eigenvalue weighted by molar-refractivity contribution is -0.126. The van der Waals surface area contributed by atoms with E-state index in [1.165, 1.54) is 11.0 Å². The van der Waals surface area contributed by atoms with Crippen molar-refractivity contribution in [3.8, 4) is 11.4 Å². The Morgan fingerprint density at radius 3 is 2.69 bits per heavy atom. The van der Waals surface area contributed by atoms with Gasteiger partial charge in [-0.1, -0.05) is 36.4 Å². The monoisotopic (exact) mass is 391 g/mol. The van der Waals surface area contributed by atoms with E-state index in [9.17, 15) is 9.90 Å². The second kappa shape index (κ2) is 9.21. The summed E-state index contributed by atoms with van der Waals surface area (Å²) in [6.45, 7) is 2.15. The van der Waals surface area contributed by atoms with Gasteiger partial charge in [0.05, 0.1) is 37.5 Å². The van der Waals surface area contributed by atoms with Crippen LogP contribution in [0.4, 0.5) is 0 Å². The SMILES string of the molecule is COc1cc(/C=C\C(=O)N(C)CC(O)c2ccccc2)ccc1-n1cnc(C)c1. The number of rotatable bonds is 7. The first-order valence-corrected chi connectivity index (χ1v) is 9.33. The Morgan fingerprint density at radius 1 is 1.28 bits per heavy atom. The van der Waals surface area contributed by atoms with Crippen LogP contribution >= 0.6 is 0 Å². The third kappa shape index (κ3) is 5.12. The molecule has 6 heteroatoms. The fourth-order valence-corrected chi connectivity index (χ4v) is 2.99. The number of imidazole rings is 1. The second-order valence-corrected chi connectivity index (χ2v) is 6.83. The number of hydrogen-bond acceptors (Lipinski definition) is 4. The summed E-state index contributed by atoms with van der Waals surface area (Å²) in [5.74, 6) is 0.498. The van der Waals surface area contributed by atoms with Crippen molar-refractivity contribution < 1.29 is 14.6 Å². The number of benzene rings is 2. The van der Waals surface area contributed by atoms with E-state index in [2.05, 4.69) is 4.98 Å². The normalized spacial score (nSPS) is 12.1. The molecular formula is C23H25N3O3. The van der Waals surface area contributed by atoms with Gasteiger partial charge in [-0.15, -0.1) is 0 Å². The van der Waals surface area contributed by atoms with Crippen molar-refractivity contribution in [3.63, 3.8) is 0 Å². The van der Waals surface area contributed by atoms with Crippen LogP contribution in [0.15, 0.2) is 67.1 Å². The Hall–Kier alpha value is -3.38. The minimum atomic E-state index is -0.725. The Bertz CT molecular complexity index is 996. The molecule has 1 unspecified atom stereocenters. The van der Waals surface area contributed by atoms with Crippen molar-refractivity contribution in [1.29, 1.82) is 0 Å². The number of carbonyl (C=O) groups is 1. The molecule has 1 N–H and O–H groups in total. The molecule has 3 aromatic rings. The number of aryl methyl sites for hydroxylation is 1. The van der Waals surface area contributed by atoms with E-state index in [0.29, 0.717) is 5.75 Å². The van der Waals surface area contributed by atoms with Crippen LogP contribution < -0.4 is 4.74 Å². The van der Waals surface area contributed by atoms with Gasteiger partial charge in [0.15, 0.2) is 0 Å². The van der Waals surface area contributed by atoms with Gasteiger partial charge >= 0.3 is 0 Å². The highest BCUT2D eigenvalue weighted by molar-refractivity contribution is 5.91. The minimum Gasteiger partial charge on any atom is -0.495 e. The summed E-state index contributed by atoms with van der Waals surface area (Å²) >= 11 is 0. The Morgan fingerprint density at radius 2 is 2.03 bits per heavy atom. The fraction of sp³-hybridized carbons (Fsp3) is 0.217. The number of nitrogens with zero attached hydrogens (tertiary/aromatic N) is 3. The van der Waals surface area contributed by atoms with E-state index < -0.39 is 6.10 Å². The first kappa shape index (κ1) is 20.4. The molecular weight excluding hydrogens is 366 g/mol. The van der Waals surface area contributed by atoms with Crippen molar-refractivity contribution in [1.82, 2.24) is 14.5 Å². The summed E-state index contributed by atoms with van der Waals surface area (Å²) in [5.41, 5.74) is 3.42. The molecule has 1 heterocycles. The van der Waals surface area contributed by atoms with Crippen LogP contribution in [0.5, 0.6) is 5.75 Å². The molecule has 3 rings (SSSR count). The van der Waals surface area contributed by atoms with Crippen LogP contribution in [-0.4, -0.2) is 46.2 Å². The second-order valence-electron chi connectivity index (χ2n) is 6.83. The zero-order valence-corrected chi connectivity index (χ0v) is 16.8. The van der Waals surface area contributed by atoms with E-state index in [-0.39, 0.29) is 12.5 Å². The smallest absolute Gasteiger partial charge is 0.246 e. The summed E-state index contributed by atoms with van der Waals surface area (Å²) < 4.78 is 7.39. The standard InChI is InChI=1S/C23H25N3O3/c1-17-14-26(16-24-17)20-11-9-18(13-22(20)29-3)10-12-23(28)25(2)15-21(27)19-7-5-4-6-8-19/h4-14,16,21,27H,15H2,1-3H3/b12-10-. The molecule has 0 saturated carbocycles. The van der Waals surface area contributed by atoms with Gasteiger partial charge in [-0.05, 0) is 36.3 Å². The van der Waals surface area contributed by atoms with Crippen molar-refractivity contribution in [3.05, 3.63) is 84.0 Å². The first-order valence-electron chi connectivity index (χ1n) is 9.33. The fourth-order valence-electron chi connectivity index (χ4n) is 2.99. The topological polar surface area (TPSA) is 67.6 Å². The van der Waals surface area contributed by atoms with E-state index in [1.54, 1.807) is 26.6 Å². The molecule has 0 aliphatic rings. The molecule has 0 aliphatic carbocycles. The maximum Gasteiger partial charge on any atom is 0.246 e. The lowest BCUT2D eigenvalue weighted by Gasteiger charge is -2.19. The van der Waals surface area contributed by atoms with Crippen LogP contribution in [0.3, 0.4) is 0 Å². The third-order valence-electron chi connectivity index (χ3n) is 4.62. The molecule has 1 amide bonds. The van der Waals surface area contributed by atoms with Crippen molar-refractivity contribution in [2.75, 3.05) is 20.7 Å². The molecule has 150 valence electrons. The van der Waals surface area contributed by atoms with Crippen molar-refractivity contribution >= 4 is 12.0 Å². The summed E-state index contributed by atoms with van der Waals surface area (Å²) in [7, 11) is 3.28. The summed E-state index contributed by atoms with van der Waals surface area (Å²) in [6, 6.07) is 15.0. The average Bonchev–Trinajstić information content (AvgIpc) is 3.18. The molecule has 0 spiro atoms. The summed E-state index contributed by atoms with van der Waals surface area (Å²) in [5, 5.41) is 10.3. The maximum absolute atomic E-state index is 12.4. The Kier molecular flexibility index (Phi) is 6.46. The molecule has 2 aromatic carbocycles. The van der Waals surface area contributed by atoms with Gasteiger partial charge in [-0.25, -0.2) is 4.98 Å². The average molecular weight is 391 g/mol. The van der Waals surface area contributed by atoms with Crippen LogP contribution in [0.1, 0.15) is 22.9 Å². The quantitative estimate of drug-likeness (QED) is 0.627. The van der Waals surface area contributed by atoms with E-state index >= 15 is 0 Å². The first-order chi connectivity index (χ1) is 14.0. The van der Waals surface area contributed by atoms with Gasteiger partial charge < -0.3 is 19.3 Å². The summed E-state index contributed by atoms with van der Waals surface area (Å²) in [4.78, 5) is 18.1. The third-order valence-corrected chi connectivity index (χ3v) is 4.62. The highest BCUT2D eigenvalue weighted by Crippen LogP contribution is 2.25. The molecule has 0 fully saturated rings. The number of ether oxygens (including phenoxy) is 1. The number of aliphatic hydroxyl groups is 1. The van der Waals surface area contributed by atoms with Crippen LogP contribution in [0.25, 0.3) is 11.8 Å². The van der Waals surface area contributed by atoms with Gasteiger partial charge in [-0.3, -0.25) is 4.79 Å². The van der Waals surface area contributed by atoms with Gasteiger partial charge in [0.1, 0.15) is 5.75 Å². The predicted molar refractivity (Wildman–Crippen MR) is 113 cm³/mol. The largest absolute Gasteiger partial charge is 0.495 e. The lowest BCUT2D eigenvalue weighted by atomic mass is 10.1. The minimum absolute atomic E-state index is 0.187. The zero-order chi connectivity index (χ0) is 20.8. The number of aliphatic hydroxyl groups excluding tert-OH is 1. The van der Waals surface area contributed by atoms with Crippen LogP contribution in [0.2, 0.25) is 0 Å². The summed E-state index contributed by atoms with van der Waals surface area (Å²) in [6.07, 6.45) is 6.16. The van der Waals surface area contributed by atoms with Crippen LogP contribution in [-0.2, 0) is 4.79 Å². The Balaban J connectivity index is 1.67. The number of likely N-dealkylation sites (N-methyl/N-ethyl adjacent to an activating group) is 1. The highest BCUT2D eigenvalue weighted by atomic mass is 16.5. The predicted octanol–water partition coefficient (Wildman–Crippen LogP) is 3.39. The van der Waals surface area contributed by atoms with Gasteiger partial charge in [-0.2, -0.15) is 0 Å². The lowest BCUT2D eigenvalue weighted by Crippen LogP contribution is -2.29. The number of methoxy groups -OCH3 is 1. The highest BCUT2D eigenvalue weighted by Gasteiger charge is 2.13. The van der Waals surface area contributed by atoms with Gasteiger partial charge in [0.2, 0.25) is 5.91 Å². The van der Waals surface area contributed by atoms with E-state index in [1.807, 2.05) is 66.2 Å². The molecule has 6 nitrogen and oxygen atoms in total. The van der Waals surface area contributed by atoms with E-state index in [4.69, 9.17) is 4.74 Å². The number of amides is 1. The number of aromatic nitrogens is 2. The Labute approximate surface area is 170 Å². The molecule has 29 heavy (non-hydrogen) atoms. The molecule has 0 saturated heterocycles. The van der Waals surface area contributed by atoms with Gasteiger partial charge in [0, 0.05) is 19.3 Å². The number of carbonyl (C=O) groups excluding carboxylic acids is 1. The zero-order valence-electron chi connectivity index (χ0n) is 16.8. The molecule has 0 bridgehead atoms. The van der Waals surface area contributed by atoms with Gasteiger partial charge in [0.25, 0.3) is 0 Å². The molecule has 0 radical (unpaired) electrons. The molecule has 0 aliphatic heterocycles.